The lowest BCUT2D eigenvalue weighted by molar-refractivity contribution is -0.123. The number of ether oxygens (including phenoxy) is 2. The van der Waals surface area contributed by atoms with Crippen molar-refractivity contribution in [1.29, 1.82) is 0 Å². The van der Waals surface area contributed by atoms with E-state index in [2.05, 4.69) is 15.4 Å². The minimum Gasteiger partial charge on any atom is -0.448 e. The van der Waals surface area contributed by atoms with Crippen molar-refractivity contribution in [3.8, 4) is 0 Å². The lowest BCUT2D eigenvalue weighted by atomic mass is 10.1. The highest BCUT2D eigenvalue weighted by Gasteiger charge is 2.24. The van der Waals surface area contributed by atoms with E-state index in [1.165, 1.54) is 0 Å². The molecule has 0 bridgehead atoms. The van der Waals surface area contributed by atoms with Crippen molar-refractivity contribution in [1.82, 2.24) is 10.6 Å². The second kappa shape index (κ2) is 9.51. The Labute approximate surface area is 147 Å². The highest BCUT2D eigenvalue weighted by molar-refractivity contribution is 5.86. The summed E-state index contributed by atoms with van der Waals surface area (Å²) in [5.74, 6) is -0.414. The van der Waals surface area contributed by atoms with E-state index in [4.69, 9.17) is 10.5 Å². The number of carbonyl (C=O) groups is 3. The number of rotatable bonds is 7. The maximum atomic E-state index is 12.3. The van der Waals surface area contributed by atoms with Crippen LogP contribution in [0.1, 0.15) is 26.3 Å². The van der Waals surface area contributed by atoms with E-state index in [0.29, 0.717) is 6.42 Å². The van der Waals surface area contributed by atoms with E-state index in [-0.39, 0.29) is 13.2 Å². The van der Waals surface area contributed by atoms with Crippen molar-refractivity contribution in [3.05, 3.63) is 35.9 Å². The zero-order valence-electron chi connectivity index (χ0n) is 14.7. The molecule has 0 aromatic heterocycles. The normalized spacial score (nSPS) is 12.0. The Morgan fingerprint density at radius 2 is 1.80 bits per heavy atom. The molecule has 1 aromatic rings. The average molecular weight is 351 g/mol. The highest BCUT2D eigenvalue weighted by atomic mass is 16.6. The summed E-state index contributed by atoms with van der Waals surface area (Å²) in [6.07, 6.45) is -1.30. The maximum absolute atomic E-state index is 12.3. The monoisotopic (exact) mass is 351 g/mol. The minimum atomic E-state index is -0.915. The molecule has 0 fully saturated rings. The first-order valence-electron chi connectivity index (χ1n) is 7.91. The molecule has 138 valence electrons. The van der Waals surface area contributed by atoms with Gasteiger partial charge < -0.3 is 25.8 Å². The molecule has 0 radical (unpaired) electrons. The fourth-order valence-corrected chi connectivity index (χ4v) is 1.96. The van der Waals surface area contributed by atoms with Crippen molar-refractivity contribution >= 4 is 18.1 Å². The molecule has 1 rings (SSSR count). The summed E-state index contributed by atoms with van der Waals surface area (Å²) >= 11 is 0. The Morgan fingerprint density at radius 3 is 2.36 bits per heavy atom. The lowest BCUT2D eigenvalue weighted by Crippen LogP contribution is -2.50. The van der Waals surface area contributed by atoms with Crippen LogP contribution in [0.25, 0.3) is 0 Å². The molecule has 0 aliphatic rings. The average Bonchev–Trinajstić information content (AvgIpc) is 2.49. The summed E-state index contributed by atoms with van der Waals surface area (Å²) in [5.41, 5.74) is 5.06. The van der Waals surface area contributed by atoms with Gasteiger partial charge in [-0.3, -0.25) is 4.79 Å². The molecule has 8 heteroatoms. The molecule has 0 spiro atoms. The molecule has 8 nitrogen and oxygen atoms in total. The summed E-state index contributed by atoms with van der Waals surface area (Å²) in [6.45, 7) is 5.24. The molecular formula is C17H25N3O5. The van der Waals surface area contributed by atoms with Gasteiger partial charge in [-0.15, -0.1) is 0 Å². The van der Waals surface area contributed by atoms with Crippen LogP contribution in [0.2, 0.25) is 0 Å². The Bertz CT molecular complexity index is 584. The van der Waals surface area contributed by atoms with E-state index >= 15 is 0 Å². The van der Waals surface area contributed by atoms with Crippen LogP contribution in [0.4, 0.5) is 9.59 Å². The van der Waals surface area contributed by atoms with Gasteiger partial charge >= 0.3 is 12.2 Å². The topological polar surface area (TPSA) is 120 Å². The number of nitrogens with one attached hydrogen (secondary N) is 2. The number of carbonyl (C=O) groups excluding carboxylic acids is 3. The first-order chi connectivity index (χ1) is 11.7. The highest BCUT2D eigenvalue weighted by Crippen LogP contribution is 2.08. The fraction of sp³-hybridized carbons (Fsp3) is 0.471. The fourth-order valence-electron chi connectivity index (χ4n) is 1.96. The molecule has 0 saturated carbocycles. The van der Waals surface area contributed by atoms with Crippen molar-refractivity contribution in [3.63, 3.8) is 0 Å². The van der Waals surface area contributed by atoms with E-state index in [0.717, 1.165) is 5.56 Å². The zero-order chi connectivity index (χ0) is 18.9. The number of hydrogen-bond donors (Lipinski definition) is 3. The second-order valence-corrected chi connectivity index (χ2v) is 6.35. The van der Waals surface area contributed by atoms with Crippen LogP contribution in [0.5, 0.6) is 0 Å². The Balaban J connectivity index is 2.68. The van der Waals surface area contributed by atoms with Gasteiger partial charge in [-0.25, -0.2) is 9.59 Å². The maximum Gasteiger partial charge on any atom is 0.408 e. The van der Waals surface area contributed by atoms with Gasteiger partial charge in [-0.1, -0.05) is 30.3 Å². The molecule has 3 amide bonds. The molecule has 1 unspecified atom stereocenters. The molecule has 0 saturated heterocycles. The predicted octanol–water partition coefficient (Wildman–Crippen LogP) is 1.33. The van der Waals surface area contributed by atoms with Gasteiger partial charge in [-0.2, -0.15) is 0 Å². The predicted molar refractivity (Wildman–Crippen MR) is 91.8 cm³/mol. The van der Waals surface area contributed by atoms with E-state index in [1.54, 1.807) is 20.8 Å². The van der Waals surface area contributed by atoms with E-state index in [9.17, 15) is 14.4 Å². The van der Waals surface area contributed by atoms with Crippen molar-refractivity contribution in [2.24, 2.45) is 5.73 Å². The van der Waals surface area contributed by atoms with Gasteiger partial charge in [0.05, 0.1) is 6.54 Å². The molecule has 0 heterocycles. The van der Waals surface area contributed by atoms with Gasteiger partial charge in [-0.05, 0) is 26.3 Å². The summed E-state index contributed by atoms with van der Waals surface area (Å²) < 4.78 is 9.75. The van der Waals surface area contributed by atoms with Crippen molar-refractivity contribution < 1.29 is 23.9 Å². The van der Waals surface area contributed by atoms with Crippen LogP contribution in [-0.4, -0.2) is 42.9 Å². The van der Waals surface area contributed by atoms with Crippen LogP contribution in [0, 0.1) is 0 Å². The Hall–Kier alpha value is -2.77. The molecule has 0 aliphatic carbocycles. The molecule has 4 N–H and O–H groups in total. The Morgan fingerprint density at radius 1 is 1.16 bits per heavy atom. The van der Waals surface area contributed by atoms with Crippen molar-refractivity contribution in [2.45, 2.75) is 38.8 Å². The lowest BCUT2D eigenvalue weighted by Gasteiger charge is -2.23. The quantitative estimate of drug-likeness (QED) is 0.640. The number of amides is 3. The summed E-state index contributed by atoms with van der Waals surface area (Å²) in [4.78, 5) is 34.8. The first-order valence-corrected chi connectivity index (χ1v) is 7.91. The number of nitrogens with two attached hydrogens (primary N) is 1. The third kappa shape index (κ3) is 9.19. The molecule has 1 aromatic carbocycles. The van der Waals surface area contributed by atoms with Gasteiger partial charge in [0.2, 0.25) is 5.91 Å². The van der Waals surface area contributed by atoms with E-state index in [1.807, 2.05) is 30.3 Å². The summed E-state index contributed by atoms with van der Waals surface area (Å²) in [6, 6.07) is 8.43. The number of primary amides is 1. The molecular weight excluding hydrogens is 326 g/mol. The van der Waals surface area contributed by atoms with Crippen LogP contribution < -0.4 is 16.4 Å². The standard InChI is InChI=1S/C17H25N3O5/c1-17(2,3)25-16(23)20-13(11-12-7-5-4-6-8-12)14(21)19-9-10-24-15(18)22/h4-8,13H,9-11H2,1-3H3,(H2,18,22)(H,19,21)(H,20,23). The number of hydrogen-bond acceptors (Lipinski definition) is 5. The first kappa shape index (κ1) is 20.3. The number of alkyl carbamates (subject to hydrolysis) is 1. The Kier molecular flexibility index (Phi) is 7.71. The summed E-state index contributed by atoms with van der Waals surface area (Å²) in [5, 5.41) is 5.15. The third-order valence-corrected chi connectivity index (χ3v) is 2.94. The van der Waals surface area contributed by atoms with E-state index < -0.39 is 29.7 Å². The van der Waals surface area contributed by atoms with Gasteiger partial charge in [0.15, 0.2) is 0 Å². The third-order valence-electron chi connectivity index (χ3n) is 2.94. The van der Waals surface area contributed by atoms with Crippen LogP contribution >= 0.6 is 0 Å². The SMILES string of the molecule is CC(C)(C)OC(=O)NC(Cc1ccccc1)C(=O)NCCOC(N)=O. The van der Waals surface area contributed by atoms with Crippen LogP contribution in [0.3, 0.4) is 0 Å². The minimum absolute atomic E-state index is 0.0500. The van der Waals surface area contributed by atoms with Crippen molar-refractivity contribution in [2.75, 3.05) is 13.2 Å². The zero-order valence-corrected chi connectivity index (χ0v) is 14.7. The van der Waals surface area contributed by atoms with Crippen LogP contribution in [0.15, 0.2) is 30.3 Å². The molecule has 1 atom stereocenters. The number of benzene rings is 1. The van der Waals surface area contributed by atoms with Gasteiger partial charge in [0.25, 0.3) is 0 Å². The molecule has 25 heavy (non-hydrogen) atoms. The largest absolute Gasteiger partial charge is 0.448 e. The smallest absolute Gasteiger partial charge is 0.408 e. The summed E-state index contributed by atoms with van der Waals surface area (Å²) in [7, 11) is 0. The molecule has 0 aliphatic heterocycles. The second-order valence-electron chi connectivity index (χ2n) is 6.35. The van der Waals surface area contributed by atoms with Crippen LogP contribution in [-0.2, 0) is 20.7 Å². The van der Waals surface area contributed by atoms with Gasteiger partial charge in [0.1, 0.15) is 18.2 Å². The van der Waals surface area contributed by atoms with Gasteiger partial charge in [0, 0.05) is 6.42 Å².